The van der Waals surface area contributed by atoms with Gasteiger partial charge in [0.05, 0.1) is 24.2 Å². The van der Waals surface area contributed by atoms with E-state index in [2.05, 4.69) is 0 Å². The fourth-order valence-electron chi connectivity index (χ4n) is 4.37. The van der Waals surface area contributed by atoms with Crippen molar-refractivity contribution >= 4 is 23.9 Å². The Bertz CT molecular complexity index is 756. The van der Waals surface area contributed by atoms with Crippen molar-refractivity contribution in [1.29, 1.82) is 0 Å². The number of carbonyl (C=O) groups is 4. The van der Waals surface area contributed by atoms with E-state index in [0.717, 1.165) is 0 Å². The van der Waals surface area contributed by atoms with Crippen molar-refractivity contribution in [3.63, 3.8) is 0 Å². The summed E-state index contributed by atoms with van der Waals surface area (Å²) in [6, 6.07) is 6.25. The van der Waals surface area contributed by atoms with Crippen LogP contribution >= 0.6 is 0 Å². The Morgan fingerprint density at radius 1 is 0.963 bits per heavy atom. The van der Waals surface area contributed by atoms with Crippen LogP contribution in [0.5, 0.6) is 0 Å². The number of carboxylic acids is 4. The number of hydrogen-bond acceptors (Lipinski definition) is 4. The zero-order chi connectivity index (χ0) is 20.3. The van der Waals surface area contributed by atoms with Gasteiger partial charge in [0.15, 0.2) is 0 Å². The number of aliphatic carboxylic acids is 4. The molecule has 8 heteroatoms. The first-order valence-corrected chi connectivity index (χ1v) is 8.69. The van der Waals surface area contributed by atoms with Crippen molar-refractivity contribution in [3.8, 4) is 0 Å². The fraction of sp³-hybridized carbons (Fsp3) is 0.474. The third-order valence-corrected chi connectivity index (χ3v) is 5.29. The van der Waals surface area contributed by atoms with Gasteiger partial charge in [-0.05, 0) is 23.5 Å². The molecule has 0 bridgehead atoms. The zero-order valence-electron chi connectivity index (χ0n) is 14.7. The lowest BCUT2D eigenvalue weighted by Crippen LogP contribution is -2.44. The maximum atomic E-state index is 12.0. The number of carboxylic acid groups (broad SMARTS) is 4. The molecular formula is C19H22O8. The maximum absolute atomic E-state index is 12.0. The third-order valence-electron chi connectivity index (χ3n) is 5.29. The van der Waals surface area contributed by atoms with Gasteiger partial charge >= 0.3 is 23.9 Å². The average molecular weight is 378 g/mol. The van der Waals surface area contributed by atoms with Crippen molar-refractivity contribution in [2.45, 2.75) is 38.0 Å². The Labute approximate surface area is 155 Å². The lowest BCUT2D eigenvalue weighted by atomic mass is 9.59. The summed E-state index contributed by atoms with van der Waals surface area (Å²) in [4.78, 5) is 47.0. The second kappa shape index (κ2) is 8.20. The third kappa shape index (κ3) is 3.94. The standard InChI is InChI=1S/C19H22O8/c1-2-5-11-14(12(17(22)23)8-13(20)21)9-6-3-4-7-10(9)15(18(24)25)16(11)19(26)27/h3-4,6-7,11-12,14-16H,2,5,8H2,1H3,(H,20,21)(H,22,23)(H,24,25)(H,26,27). The summed E-state index contributed by atoms with van der Waals surface area (Å²) in [6.07, 6.45) is 0.126. The highest BCUT2D eigenvalue weighted by Gasteiger charge is 2.52. The van der Waals surface area contributed by atoms with E-state index in [1.54, 1.807) is 25.1 Å². The molecule has 27 heavy (non-hydrogen) atoms. The lowest BCUT2D eigenvalue weighted by molar-refractivity contribution is -0.156. The Kier molecular flexibility index (Phi) is 6.20. The quantitative estimate of drug-likeness (QED) is 0.538. The van der Waals surface area contributed by atoms with Gasteiger partial charge in [-0.2, -0.15) is 0 Å². The van der Waals surface area contributed by atoms with Crippen LogP contribution in [0, 0.1) is 17.8 Å². The highest BCUT2D eigenvalue weighted by Crippen LogP contribution is 2.52. The van der Waals surface area contributed by atoms with Crippen LogP contribution in [0.15, 0.2) is 24.3 Å². The summed E-state index contributed by atoms with van der Waals surface area (Å²) in [5.41, 5.74) is 0.654. The van der Waals surface area contributed by atoms with Crippen molar-refractivity contribution in [3.05, 3.63) is 35.4 Å². The van der Waals surface area contributed by atoms with E-state index in [1.807, 2.05) is 0 Å². The fourth-order valence-corrected chi connectivity index (χ4v) is 4.37. The van der Waals surface area contributed by atoms with Crippen molar-refractivity contribution < 1.29 is 39.6 Å². The highest BCUT2D eigenvalue weighted by atomic mass is 16.4. The van der Waals surface area contributed by atoms with Crippen LogP contribution in [-0.4, -0.2) is 44.3 Å². The molecule has 1 aromatic rings. The van der Waals surface area contributed by atoms with E-state index in [4.69, 9.17) is 5.11 Å². The topological polar surface area (TPSA) is 149 Å². The molecule has 2 rings (SSSR count). The minimum absolute atomic E-state index is 0.242. The van der Waals surface area contributed by atoms with Crippen LogP contribution < -0.4 is 0 Å². The normalized spacial score (nSPS) is 25.2. The van der Waals surface area contributed by atoms with Crippen molar-refractivity contribution in [1.82, 2.24) is 0 Å². The van der Waals surface area contributed by atoms with Gasteiger partial charge in [0.25, 0.3) is 0 Å². The minimum atomic E-state index is -1.35. The van der Waals surface area contributed by atoms with Gasteiger partial charge in [0.1, 0.15) is 0 Å². The molecular weight excluding hydrogens is 356 g/mol. The molecule has 4 N–H and O–H groups in total. The van der Waals surface area contributed by atoms with Crippen LogP contribution in [0.25, 0.3) is 0 Å². The van der Waals surface area contributed by atoms with Crippen LogP contribution in [0.1, 0.15) is 49.1 Å². The molecule has 1 aromatic carbocycles. The zero-order valence-corrected chi connectivity index (χ0v) is 14.7. The molecule has 5 unspecified atom stereocenters. The second-order valence-electron chi connectivity index (χ2n) is 6.83. The highest BCUT2D eigenvalue weighted by molar-refractivity contribution is 5.87. The van der Waals surface area contributed by atoms with E-state index in [9.17, 15) is 34.5 Å². The lowest BCUT2D eigenvalue weighted by Gasteiger charge is -2.43. The molecule has 0 amide bonds. The summed E-state index contributed by atoms with van der Waals surface area (Å²) in [6.45, 7) is 1.79. The number of hydrogen-bond donors (Lipinski definition) is 4. The van der Waals surface area contributed by atoms with Gasteiger partial charge in [-0.1, -0.05) is 37.6 Å². The predicted molar refractivity (Wildman–Crippen MR) is 92.5 cm³/mol. The van der Waals surface area contributed by atoms with Gasteiger partial charge in [0.2, 0.25) is 0 Å². The number of benzene rings is 1. The summed E-state index contributed by atoms with van der Waals surface area (Å²) in [7, 11) is 0. The van der Waals surface area contributed by atoms with E-state index in [0.29, 0.717) is 12.0 Å². The van der Waals surface area contributed by atoms with E-state index >= 15 is 0 Å². The molecule has 1 aliphatic rings. The molecule has 0 fully saturated rings. The van der Waals surface area contributed by atoms with Crippen LogP contribution in [0.2, 0.25) is 0 Å². The molecule has 0 saturated carbocycles. The molecule has 1 aliphatic carbocycles. The monoisotopic (exact) mass is 378 g/mol. The SMILES string of the molecule is CCCC1C(C(=O)O)C(C(=O)O)c2ccccc2C1C(CC(=O)O)C(=O)O. The molecule has 0 aliphatic heterocycles. The Morgan fingerprint density at radius 2 is 1.56 bits per heavy atom. The molecule has 0 heterocycles. The van der Waals surface area contributed by atoms with Crippen molar-refractivity contribution in [2.75, 3.05) is 0 Å². The molecule has 0 spiro atoms. The van der Waals surface area contributed by atoms with E-state index in [1.165, 1.54) is 6.07 Å². The van der Waals surface area contributed by atoms with Crippen LogP contribution in [0.4, 0.5) is 0 Å². The van der Waals surface area contributed by atoms with E-state index < -0.39 is 59.9 Å². The minimum Gasteiger partial charge on any atom is -0.481 e. The molecule has 8 nitrogen and oxygen atoms in total. The molecule has 146 valence electrons. The van der Waals surface area contributed by atoms with Gasteiger partial charge in [-0.3, -0.25) is 19.2 Å². The molecule has 0 saturated heterocycles. The summed E-state index contributed by atoms with van der Waals surface area (Å²) < 4.78 is 0. The molecule has 0 radical (unpaired) electrons. The van der Waals surface area contributed by atoms with E-state index in [-0.39, 0.29) is 12.0 Å². The number of rotatable bonds is 8. The Hall–Kier alpha value is -2.90. The summed E-state index contributed by atoms with van der Waals surface area (Å²) in [5, 5.41) is 38.3. The first kappa shape index (κ1) is 20.4. The number of fused-ring (bicyclic) bond motifs is 1. The van der Waals surface area contributed by atoms with Gasteiger partial charge < -0.3 is 20.4 Å². The smallest absolute Gasteiger partial charge is 0.311 e. The first-order chi connectivity index (χ1) is 12.7. The van der Waals surface area contributed by atoms with Gasteiger partial charge in [0, 0.05) is 5.92 Å². The maximum Gasteiger partial charge on any atom is 0.311 e. The van der Waals surface area contributed by atoms with Crippen molar-refractivity contribution in [2.24, 2.45) is 17.8 Å². The second-order valence-corrected chi connectivity index (χ2v) is 6.83. The van der Waals surface area contributed by atoms with Crippen LogP contribution in [0.3, 0.4) is 0 Å². The largest absolute Gasteiger partial charge is 0.481 e. The first-order valence-electron chi connectivity index (χ1n) is 8.69. The predicted octanol–water partition coefficient (Wildman–Crippen LogP) is 2.24. The summed E-state index contributed by atoms with van der Waals surface area (Å²) >= 11 is 0. The van der Waals surface area contributed by atoms with Crippen LogP contribution in [-0.2, 0) is 19.2 Å². The van der Waals surface area contributed by atoms with Gasteiger partial charge in [-0.25, -0.2) is 0 Å². The Balaban J connectivity index is 2.75. The molecule has 0 aromatic heterocycles. The molecule has 5 atom stereocenters. The average Bonchev–Trinajstić information content (AvgIpc) is 2.58. The van der Waals surface area contributed by atoms with Gasteiger partial charge in [-0.15, -0.1) is 0 Å². The summed E-state index contributed by atoms with van der Waals surface area (Å²) in [5.74, 6) is -11.0. The Morgan fingerprint density at radius 3 is 2.00 bits per heavy atom.